The summed E-state index contributed by atoms with van der Waals surface area (Å²) in [5.41, 5.74) is 11.5. The number of carbonyl (C=O) groups excluding carboxylic acids is 3. The predicted molar refractivity (Wildman–Crippen MR) is 196 cm³/mol. The number of likely N-dealkylation sites (tertiary alicyclic amines) is 1. The lowest BCUT2D eigenvalue weighted by molar-refractivity contribution is -0.145. The maximum atomic E-state index is 14.3. The number of aromatic hydroxyl groups is 1. The van der Waals surface area contributed by atoms with Crippen LogP contribution in [0.15, 0.2) is 71.5 Å². The summed E-state index contributed by atoms with van der Waals surface area (Å²) < 4.78 is 0. The molecule has 1 saturated heterocycles. The maximum absolute atomic E-state index is 14.3. The Bertz CT molecular complexity index is 1990. The number of halogens is 1. The van der Waals surface area contributed by atoms with Crippen LogP contribution in [-0.4, -0.2) is 102 Å². The maximum Gasteiger partial charge on any atom is 0.352 e. The number of hydrogen-bond donors (Lipinski definition) is 8. The topological polar surface area (TPSA) is 254 Å². The van der Waals surface area contributed by atoms with E-state index in [-0.39, 0.29) is 41.4 Å². The highest BCUT2D eigenvalue weighted by Gasteiger charge is 2.52. The van der Waals surface area contributed by atoms with Crippen LogP contribution in [0.5, 0.6) is 5.75 Å². The molecule has 2 heterocycles. The number of nitrogens with two attached hydrogens (primary N) is 2. The largest absolute Gasteiger partial charge is 0.507 e. The summed E-state index contributed by atoms with van der Waals surface area (Å²) in [5, 5.41) is 46.7. The molecular weight excluding hydrogens is 694 g/mol. The quantitative estimate of drug-likeness (QED) is 0.0576. The number of carbonyl (C=O) groups is 4. The molecule has 3 unspecified atom stereocenters. The normalized spacial score (nSPS) is 18.5. The predicted octanol–water partition coefficient (Wildman–Crippen LogP) is 1.83. The van der Waals surface area contributed by atoms with Gasteiger partial charge in [-0.05, 0) is 69.5 Å². The van der Waals surface area contributed by atoms with Crippen LogP contribution in [0.3, 0.4) is 0 Å². The number of hydrogen-bond acceptors (Lipinski definition) is 9. The molecule has 276 valence electrons. The number of nitrogens with zero attached hydrogens (tertiary/aromatic N) is 3. The van der Waals surface area contributed by atoms with Crippen molar-refractivity contribution in [2.45, 2.75) is 63.3 Å². The summed E-state index contributed by atoms with van der Waals surface area (Å²) in [7, 11) is 0. The van der Waals surface area contributed by atoms with Crippen LogP contribution < -0.4 is 22.1 Å². The Morgan fingerprint density at radius 3 is 2.44 bits per heavy atom. The van der Waals surface area contributed by atoms with Crippen LogP contribution in [0.2, 0.25) is 0 Å². The zero-order valence-corrected chi connectivity index (χ0v) is 29.8. The van der Waals surface area contributed by atoms with Gasteiger partial charge < -0.3 is 47.4 Å². The highest BCUT2D eigenvalue weighted by Crippen LogP contribution is 2.39. The zero-order valence-electron chi connectivity index (χ0n) is 29.1. The van der Waals surface area contributed by atoms with Gasteiger partial charge in [0.05, 0.1) is 29.1 Å². The Morgan fingerprint density at radius 1 is 1.15 bits per heavy atom. The number of benzene rings is 2. The second-order valence-electron chi connectivity index (χ2n) is 13.0. The van der Waals surface area contributed by atoms with Crippen molar-refractivity contribution in [3.05, 3.63) is 77.6 Å². The molecule has 10 N–H and O–H groups in total. The number of carboxylic acids is 1. The van der Waals surface area contributed by atoms with E-state index in [0.717, 1.165) is 4.90 Å². The average molecular weight is 736 g/mol. The van der Waals surface area contributed by atoms with Gasteiger partial charge in [-0.2, -0.15) is 0 Å². The van der Waals surface area contributed by atoms with E-state index in [4.69, 9.17) is 23.1 Å². The van der Waals surface area contributed by atoms with Crippen molar-refractivity contribution in [1.82, 2.24) is 20.5 Å². The third-order valence-electron chi connectivity index (χ3n) is 8.72. The van der Waals surface area contributed by atoms with E-state index in [1.54, 1.807) is 25.3 Å². The van der Waals surface area contributed by atoms with Gasteiger partial charge in [0.2, 0.25) is 11.8 Å². The van der Waals surface area contributed by atoms with Gasteiger partial charge in [0, 0.05) is 40.4 Å². The number of alkyl halides is 1. The van der Waals surface area contributed by atoms with Gasteiger partial charge in [-0.3, -0.25) is 24.4 Å². The van der Waals surface area contributed by atoms with Crippen molar-refractivity contribution in [3.63, 3.8) is 0 Å². The van der Waals surface area contributed by atoms with Crippen molar-refractivity contribution in [2.75, 3.05) is 13.1 Å². The van der Waals surface area contributed by atoms with Gasteiger partial charge in [0.1, 0.15) is 23.5 Å². The van der Waals surface area contributed by atoms with Crippen LogP contribution in [-0.2, 0) is 14.4 Å². The molecule has 0 radical (unpaired) electrons. The number of carboxylic acid groups (broad SMARTS) is 1. The number of aliphatic carboxylic acids is 1. The molecule has 0 spiro atoms. The first-order valence-electron chi connectivity index (χ1n) is 16.2. The fraction of sp³-hybridized carbons (Fsp3) is 0.333. The molecule has 4 rings (SSSR count). The van der Waals surface area contributed by atoms with Crippen LogP contribution in [0, 0.1) is 0 Å². The van der Waals surface area contributed by atoms with Gasteiger partial charge >= 0.3 is 5.97 Å². The minimum atomic E-state index is -1.82. The molecule has 52 heavy (non-hydrogen) atoms. The van der Waals surface area contributed by atoms with Crippen molar-refractivity contribution in [2.24, 2.45) is 16.5 Å². The molecule has 0 bridgehead atoms. The van der Waals surface area contributed by atoms with Crippen LogP contribution in [0.1, 0.15) is 50.0 Å². The van der Waals surface area contributed by atoms with E-state index < -0.39 is 65.1 Å². The highest BCUT2D eigenvalue weighted by atomic mass is 35.5. The first kappa shape index (κ1) is 39.3. The minimum Gasteiger partial charge on any atom is -0.507 e. The summed E-state index contributed by atoms with van der Waals surface area (Å²) in [6.07, 6.45) is -0.0786. The second kappa shape index (κ2) is 15.8. The average Bonchev–Trinajstić information content (AvgIpc) is 3.41. The first-order valence-corrected chi connectivity index (χ1v) is 16.6. The number of aliphatic hydroxyl groups is 2. The number of pyridine rings is 1. The lowest BCUT2D eigenvalue weighted by Crippen LogP contribution is -2.61. The number of allylic oxidation sites excluding steroid dienone is 2. The number of phenols is 1. The standard InChI is InChI=1S/C36H42ClN7O8/c1-17(2)22-15-40-23-9-7-6-8-20(23)26(22)21-14-19(10-11-24(21)45)31(47)43-29(27(37)25(46)16-41-35(38)39)33(49)44-13-12-36(5,52)30(44)32(48)42-28(18(3)4)34(50)51/h6-11,14-15,25,27,29-30,45-46,52H,1,12-13,16H2,2-5H3,(H,42,48)(H,43,47)(H,50,51)(H4,38,39,41)/t25?,27?,29-,30+,36?/m0/s1. The molecule has 1 aliphatic heterocycles. The number of aliphatic imine (C=N–C) groups is 1. The Hall–Kier alpha value is -5.51. The molecule has 5 atom stereocenters. The van der Waals surface area contributed by atoms with Gasteiger partial charge in [-0.15, -0.1) is 11.6 Å². The molecule has 1 aromatic heterocycles. The van der Waals surface area contributed by atoms with Crippen molar-refractivity contribution < 1.29 is 39.6 Å². The molecule has 16 heteroatoms. The molecular formula is C36H42ClN7O8. The second-order valence-corrected chi connectivity index (χ2v) is 13.5. The fourth-order valence-corrected chi connectivity index (χ4v) is 6.28. The van der Waals surface area contributed by atoms with E-state index in [0.29, 0.717) is 27.6 Å². The molecule has 0 saturated carbocycles. The molecule has 3 amide bonds. The Balaban J connectivity index is 1.77. The lowest BCUT2D eigenvalue weighted by Gasteiger charge is -2.34. The number of rotatable bonds is 12. The number of aliphatic hydroxyl groups excluding tert-OH is 1. The van der Waals surface area contributed by atoms with E-state index in [1.807, 2.05) is 12.1 Å². The Labute approximate surface area is 304 Å². The van der Waals surface area contributed by atoms with E-state index in [9.17, 15) is 39.6 Å². The number of nitrogens with one attached hydrogen (secondary N) is 2. The highest BCUT2D eigenvalue weighted by molar-refractivity contribution is 6.23. The van der Waals surface area contributed by atoms with Gasteiger partial charge in [0.15, 0.2) is 5.96 Å². The molecule has 15 nitrogen and oxygen atoms in total. The summed E-state index contributed by atoms with van der Waals surface area (Å²) in [6, 6.07) is 7.92. The van der Waals surface area contributed by atoms with Gasteiger partial charge in [-0.1, -0.05) is 24.8 Å². The van der Waals surface area contributed by atoms with E-state index >= 15 is 0 Å². The monoisotopic (exact) mass is 735 g/mol. The Kier molecular flexibility index (Phi) is 11.9. The Morgan fingerprint density at radius 2 is 1.83 bits per heavy atom. The van der Waals surface area contributed by atoms with E-state index in [1.165, 1.54) is 39.0 Å². The summed E-state index contributed by atoms with van der Waals surface area (Å²) in [6.45, 7) is 9.41. The summed E-state index contributed by atoms with van der Waals surface area (Å²) >= 11 is 6.66. The van der Waals surface area contributed by atoms with Crippen molar-refractivity contribution in [1.29, 1.82) is 0 Å². The number of aromatic nitrogens is 1. The molecule has 1 fully saturated rings. The first-order chi connectivity index (χ1) is 24.3. The van der Waals surface area contributed by atoms with Crippen LogP contribution in [0.4, 0.5) is 0 Å². The van der Waals surface area contributed by atoms with Crippen LogP contribution >= 0.6 is 11.6 Å². The summed E-state index contributed by atoms with van der Waals surface area (Å²) in [5.74, 6) is -4.76. The van der Waals surface area contributed by atoms with E-state index in [2.05, 4.69) is 27.2 Å². The molecule has 3 aromatic rings. The minimum absolute atomic E-state index is 0.0147. The molecule has 2 aromatic carbocycles. The molecule has 1 aliphatic rings. The van der Waals surface area contributed by atoms with Crippen molar-refractivity contribution in [3.8, 4) is 16.9 Å². The summed E-state index contributed by atoms with van der Waals surface area (Å²) in [4.78, 5) is 62.8. The van der Waals surface area contributed by atoms with Crippen molar-refractivity contribution >= 4 is 57.7 Å². The SMILES string of the molecule is C=C(C)c1cnc2ccccc2c1-c1cc(C(=O)N[C@H](C(=O)N2CCC(C)(O)[C@H]2C(=O)NC(C(=O)O)=C(C)C)C(Cl)C(O)CN=C(N)N)ccc1O. The van der Waals surface area contributed by atoms with Gasteiger partial charge in [-0.25, -0.2) is 4.79 Å². The third kappa shape index (κ3) is 8.33. The number of para-hydroxylation sites is 1. The zero-order chi connectivity index (χ0) is 38.7. The lowest BCUT2D eigenvalue weighted by atomic mass is 9.91. The third-order valence-corrected chi connectivity index (χ3v) is 9.26. The fourth-order valence-electron chi connectivity index (χ4n) is 6.03. The molecule has 0 aliphatic carbocycles. The number of amides is 3. The van der Waals surface area contributed by atoms with Crippen LogP contribution in [0.25, 0.3) is 27.6 Å². The smallest absolute Gasteiger partial charge is 0.352 e. The number of guanidine groups is 1. The van der Waals surface area contributed by atoms with Gasteiger partial charge in [0.25, 0.3) is 5.91 Å². The number of phenolic OH excluding ortho intramolecular Hbond substituents is 1. The number of fused-ring (bicyclic) bond motifs is 1.